The van der Waals surface area contributed by atoms with Crippen LogP contribution in [0.1, 0.15) is 33.6 Å². The van der Waals surface area contributed by atoms with Crippen molar-refractivity contribution in [2.75, 3.05) is 19.7 Å². The van der Waals surface area contributed by atoms with Gasteiger partial charge in [-0.05, 0) is 33.6 Å². The number of amides is 1. The Morgan fingerprint density at radius 3 is 2.75 bits per heavy atom. The van der Waals surface area contributed by atoms with Crippen molar-refractivity contribution in [2.45, 2.75) is 39.2 Å². The van der Waals surface area contributed by atoms with Gasteiger partial charge in [-0.1, -0.05) is 0 Å². The molecule has 0 spiro atoms. The van der Waals surface area contributed by atoms with E-state index in [2.05, 4.69) is 4.84 Å². The largest absolute Gasteiger partial charge is 0.444 e. The molecule has 0 bridgehead atoms. The van der Waals surface area contributed by atoms with E-state index >= 15 is 0 Å². The molecule has 2 N–H and O–H groups in total. The van der Waals surface area contributed by atoms with Gasteiger partial charge in [0.05, 0.1) is 6.61 Å². The number of hydrogen-bond acceptors (Lipinski definition) is 4. The van der Waals surface area contributed by atoms with Gasteiger partial charge in [-0.25, -0.2) is 10.7 Å². The maximum Gasteiger partial charge on any atom is 0.410 e. The fraction of sp³-hybridized carbons (Fsp3) is 0.909. The third-order valence-corrected chi connectivity index (χ3v) is 2.50. The molecular formula is C11H22N2O3. The molecule has 0 aromatic carbocycles. The van der Waals surface area contributed by atoms with E-state index in [4.69, 9.17) is 10.6 Å². The molecule has 0 unspecified atom stereocenters. The summed E-state index contributed by atoms with van der Waals surface area (Å²) in [5.41, 5.74) is -0.436. The monoisotopic (exact) mass is 230 g/mol. The van der Waals surface area contributed by atoms with E-state index in [1.807, 2.05) is 20.8 Å². The quantitative estimate of drug-likeness (QED) is 0.730. The van der Waals surface area contributed by atoms with Crippen LogP contribution in [-0.2, 0) is 9.57 Å². The fourth-order valence-electron chi connectivity index (χ4n) is 1.83. The van der Waals surface area contributed by atoms with Crippen molar-refractivity contribution in [1.29, 1.82) is 0 Å². The number of ether oxygens (including phenoxy) is 1. The lowest BCUT2D eigenvalue weighted by atomic mass is 9.99. The Morgan fingerprint density at radius 2 is 2.19 bits per heavy atom. The van der Waals surface area contributed by atoms with Crippen molar-refractivity contribution < 1.29 is 14.4 Å². The molecule has 1 fully saturated rings. The molecule has 0 saturated carbocycles. The van der Waals surface area contributed by atoms with E-state index in [1.165, 1.54) is 0 Å². The van der Waals surface area contributed by atoms with Crippen LogP contribution in [-0.4, -0.2) is 36.3 Å². The fourth-order valence-corrected chi connectivity index (χ4v) is 1.83. The first kappa shape index (κ1) is 13.3. The van der Waals surface area contributed by atoms with Crippen LogP contribution in [0.2, 0.25) is 0 Å². The lowest BCUT2D eigenvalue weighted by Gasteiger charge is -2.33. The van der Waals surface area contributed by atoms with Crippen LogP contribution in [0, 0.1) is 5.92 Å². The summed E-state index contributed by atoms with van der Waals surface area (Å²) in [4.78, 5) is 18.2. The molecule has 1 rings (SSSR count). The van der Waals surface area contributed by atoms with Gasteiger partial charge >= 0.3 is 6.09 Å². The van der Waals surface area contributed by atoms with E-state index in [0.717, 1.165) is 19.4 Å². The Labute approximate surface area is 96.8 Å². The van der Waals surface area contributed by atoms with E-state index < -0.39 is 5.60 Å². The first-order valence-electron chi connectivity index (χ1n) is 5.72. The Bertz CT molecular complexity index is 236. The average Bonchev–Trinajstić information content (AvgIpc) is 2.16. The van der Waals surface area contributed by atoms with Crippen LogP contribution in [0.3, 0.4) is 0 Å². The second kappa shape index (κ2) is 5.50. The Kier molecular flexibility index (Phi) is 4.56. The molecule has 1 atom stereocenters. The van der Waals surface area contributed by atoms with Crippen LogP contribution in [0.5, 0.6) is 0 Å². The second-order valence-corrected chi connectivity index (χ2v) is 5.27. The smallest absolute Gasteiger partial charge is 0.410 e. The van der Waals surface area contributed by atoms with Crippen LogP contribution in [0.15, 0.2) is 0 Å². The van der Waals surface area contributed by atoms with Crippen LogP contribution < -0.4 is 5.90 Å². The Balaban J connectivity index is 2.44. The normalized spacial score (nSPS) is 22.0. The Morgan fingerprint density at radius 1 is 1.50 bits per heavy atom. The maximum absolute atomic E-state index is 11.8. The first-order chi connectivity index (χ1) is 7.42. The lowest BCUT2D eigenvalue weighted by molar-refractivity contribution is 0.00734. The zero-order valence-electron chi connectivity index (χ0n) is 10.4. The van der Waals surface area contributed by atoms with Crippen LogP contribution in [0.25, 0.3) is 0 Å². The highest BCUT2D eigenvalue weighted by Gasteiger charge is 2.27. The summed E-state index contributed by atoms with van der Waals surface area (Å²) in [6.45, 7) is 7.54. The molecule has 1 amide bonds. The maximum atomic E-state index is 11.8. The molecule has 1 aliphatic heterocycles. The Hall–Kier alpha value is -0.810. The first-order valence-corrected chi connectivity index (χ1v) is 5.72. The molecule has 1 saturated heterocycles. The molecule has 0 aromatic rings. The van der Waals surface area contributed by atoms with Gasteiger partial charge in [0, 0.05) is 19.0 Å². The third-order valence-electron chi connectivity index (χ3n) is 2.50. The third kappa shape index (κ3) is 4.37. The topological polar surface area (TPSA) is 64.8 Å². The predicted octanol–water partition coefficient (Wildman–Crippen LogP) is 1.52. The predicted molar refractivity (Wildman–Crippen MR) is 60.7 cm³/mol. The summed E-state index contributed by atoms with van der Waals surface area (Å²) in [7, 11) is 0. The molecule has 1 heterocycles. The summed E-state index contributed by atoms with van der Waals surface area (Å²) in [6.07, 6.45) is 1.79. The van der Waals surface area contributed by atoms with E-state index in [9.17, 15) is 4.79 Å². The zero-order valence-corrected chi connectivity index (χ0v) is 10.4. The van der Waals surface area contributed by atoms with Crippen molar-refractivity contribution in [2.24, 2.45) is 11.8 Å². The molecule has 16 heavy (non-hydrogen) atoms. The molecular weight excluding hydrogens is 208 g/mol. The molecule has 94 valence electrons. The molecule has 1 aliphatic rings. The second-order valence-electron chi connectivity index (χ2n) is 5.27. The number of nitrogens with two attached hydrogens (primary N) is 1. The minimum absolute atomic E-state index is 0.241. The van der Waals surface area contributed by atoms with Crippen molar-refractivity contribution in [3.05, 3.63) is 0 Å². The average molecular weight is 230 g/mol. The SMILES string of the molecule is CC(C)(C)OC(=O)N1CCC[C@@H](CON)C1. The van der Waals surface area contributed by atoms with Crippen molar-refractivity contribution >= 4 is 6.09 Å². The minimum atomic E-state index is -0.436. The number of carbonyl (C=O) groups is 1. The standard InChI is InChI=1S/C11H22N2O3/c1-11(2,3)16-10(14)13-6-4-5-9(7-13)8-15-12/h9H,4-8,12H2,1-3H3/t9-/m1/s1. The van der Waals surface area contributed by atoms with Crippen LogP contribution >= 0.6 is 0 Å². The molecule has 0 aliphatic carbocycles. The highest BCUT2D eigenvalue weighted by molar-refractivity contribution is 5.68. The lowest BCUT2D eigenvalue weighted by Crippen LogP contribution is -2.44. The van der Waals surface area contributed by atoms with Gasteiger partial charge < -0.3 is 14.5 Å². The highest BCUT2D eigenvalue weighted by Crippen LogP contribution is 2.19. The molecule has 0 radical (unpaired) electrons. The summed E-state index contributed by atoms with van der Waals surface area (Å²) in [5, 5.41) is 0. The molecule has 5 nitrogen and oxygen atoms in total. The number of nitrogens with zero attached hydrogens (tertiary/aromatic N) is 1. The summed E-state index contributed by atoms with van der Waals surface area (Å²) < 4.78 is 5.32. The van der Waals surface area contributed by atoms with Gasteiger partial charge in [-0.2, -0.15) is 0 Å². The van der Waals surface area contributed by atoms with Gasteiger partial charge in [0.15, 0.2) is 0 Å². The number of hydrogen-bond donors (Lipinski definition) is 1. The van der Waals surface area contributed by atoms with Crippen molar-refractivity contribution in [1.82, 2.24) is 4.90 Å². The van der Waals surface area contributed by atoms with Gasteiger partial charge in [0.2, 0.25) is 0 Å². The van der Waals surface area contributed by atoms with Crippen molar-refractivity contribution in [3.8, 4) is 0 Å². The molecule has 5 heteroatoms. The number of piperidine rings is 1. The number of likely N-dealkylation sites (tertiary alicyclic amines) is 1. The number of rotatable bonds is 2. The van der Waals surface area contributed by atoms with Gasteiger partial charge in [-0.15, -0.1) is 0 Å². The van der Waals surface area contributed by atoms with E-state index in [-0.39, 0.29) is 6.09 Å². The van der Waals surface area contributed by atoms with Gasteiger partial charge in [0.25, 0.3) is 0 Å². The number of carbonyl (C=O) groups excluding carboxylic acids is 1. The van der Waals surface area contributed by atoms with Crippen molar-refractivity contribution in [3.63, 3.8) is 0 Å². The highest BCUT2D eigenvalue weighted by atomic mass is 16.6. The van der Waals surface area contributed by atoms with E-state index in [1.54, 1.807) is 4.90 Å². The van der Waals surface area contributed by atoms with E-state index in [0.29, 0.717) is 19.1 Å². The van der Waals surface area contributed by atoms with Crippen LogP contribution in [0.4, 0.5) is 4.79 Å². The summed E-state index contributed by atoms with van der Waals surface area (Å²) >= 11 is 0. The van der Waals surface area contributed by atoms with Gasteiger partial charge in [0.1, 0.15) is 5.60 Å². The molecule has 0 aromatic heterocycles. The zero-order chi connectivity index (χ0) is 12.2. The van der Waals surface area contributed by atoms with Gasteiger partial charge in [-0.3, -0.25) is 0 Å². The summed E-state index contributed by atoms with van der Waals surface area (Å²) in [5.74, 6) is 5.37. The summed E-state index contributed by atoms with van der Waals surface area (Å²) in [6, 6.07) is 0. The minimum Gasteiger partial charge on any atom is -0.444 e.